The monoisotopic (exact) mass is 228 g/mol. The van der Waals surface area contributed by atoms with Gasteiger partial charge >= 0.3 is 5.97 Å². The molecule has 1 heterocycles. The number of rotatable bonds is 6. The molecule has 0 aromatic heterocycles. The zero-order valence-corrected chi connectivity index (χ0v) is 10.6. The van der Waals surface area contributed by atoms with E-state index in [1.54, 1.807) is 0 Å². The predicted molar refractivity (Wildman–Crippen MR) is 64.4 cm³/mol. The Bertz CT molecular complexity index is 201. The minimum Gasteiger partial charge on any atom is -0.469 e. The average Bonchev–Trinajstić information content (AvgIpc) is 2.34. The summed E-state index contributed by atoms with van der Waals surface area (Å²) in [5.41, 5.74) is 0. The molecule has 0 radical (unpaired) electrons. The van der Waals surface area contributed by atoms with Crippen LogP contribution >= 0.6 is 0 Å². The van der Waals surface area contributed by atoms with Crippen LogP contribution in [0.1, 0.15) is 26.2 Å². The first-order chi connectivity index (χ1) is 7.76. The second-order valence-electron chi connectivity index (χ2n) is 4.36. The van der Waals surface area contributed by atoms with Crippen LogP contribution in [-0.2, 0) is 9.53 Å². The van der Waals surface area contributed by atoms with Gasteiger partial charge < -0.3 is 14.5 Å². The number of carbonyl (C=O) groups excluding carboxylic acids is 1. The molecule has 0 aliphatic carbocycles. The van der Waals surface area contributed by atoms with Crippen molar-refractivity contribution in [2.45, 2.75) is 26.2 Å². The summed E-state index contributed by atoms with van der Waals surface area (Å²) in [6.07, 6.45) is 3.08. The van der Waals surface area contributed by atoms with Gasteiger partial charge in [-0.25, -0.2) is 0 Å². The van der Waals surface area contributed by atoms with Gasteiger partial charge in [0.15, 0.2) is 0 Å². The van der Waals surface area contributed by atoms with Crippen LogP contribution in [-0.4, -0.2) is 62.1 Å². The minimum absolute atomic E-state index is 0.103. The highest BCUT2D eigenvalue weighted by Gasteiger charge is 2.16. The molecule has 94 valence electrons. The van der Waals surface area contributed by atoms with Gasteiger partial charge in [-0.1, -0.05) is 13.3 Å². The molecule has 1 aliphatic rings. The number of hydrogen-bond donors (Lipinski definition) is 0. The lowest BCUT2D eigenvalue weighted by Crippen LogP contribution is -2.47. The van der Waals surface area contributed by atoms with Crippen LogP contribution in [0.2, 0.25) is 0 Å². The van der Waals surface area contributed by atoms with Crippen LogP contribution in [0.5, 0.6) is 0 Å². The first kappa shape index (κ1) is 13.5. The molecular weight excluding hydrogens is 204 g/mol. The molecule has 0 spiro atoms. The maximum Gasteiger partial charge on any atom is 0.306 e. The molecule has 0 saturated carbocycles. The maximum absolute atomic E-state index is 11.0. The van der Waals surface area contributed by atoms with E-state index in [0.29, 0.717) is 6.42 Å². The van der Waals surface area contributed by atoms with Crippen molar-refractivity contribution in [1.29, 1.82) is 0 Å². The Morgan fingerprint density at radius 2 is 1.69 bits per heavy atom. The van der Waals surface area contributed by atoms with E-state index in [0.717, 1.165) is 32.7 Å². The molecular formula is C12H24N2O2. The molecule has 4 heteroatoms. The SMILES string of the molecule is CCCCN1CCN(CCC(=O)OC)CC1. The molecule has 0 unspecified atom stereocenters. The van der Waals surface area contributed by atoms with Gasteiger partial charge in [-0.2, -0.15) is 0 Å². The molecule has 0 N–H and O–H groups in total. The van der Waals surface area contributed by atoms with Crippen LogP contribution < -0.4 is 0 Å². The van der Waals surface area contributed by atoms with Crippen molar-refractivity contribution < 1.29 is 9.53 Å². The fourth-order valence-electron chi connectivity index (χ4n) is 1.97. The Kier molecular flexibility index (Phi) is 6.42. The molecule has 0 aromatic rings. The molecule has 0 aromatic carbocycles. The summed E-state index contributed by atoms with van der Waals surface area (Å²) in [4.78, 5) is 15.9. The molecule has 0 atom stereocenters. The lowest BCUT2D eigenvalue weighted by atomic mass is 10.2. The second kappa shape index (κ2) is 7.63. The molecule has 1 saturated heterocycles. The van der Waals surface area contributed by atoms with E-state index in [2.05, 4.69) is 21.5 Å². The lowest BCUT2D eigenvalue weighted by Gasteiger charge is -2.34. The molecule has 0 bridgehead atoms. The van der Waals surface area contributed by atoms with Gasteiger partial charge in [0.2, 0.25) is 0 Å². The number of carbonyl (C=O) groups is 1. The van der Waals surface area contributed by atoms with E-state index in [-0.39, 0.29) is 5.97 Å². The second-order valence-corrected chi connectivity index (χ2v) is 4.36. The van der Waals surface area contributed by atoms with Crippen LogP contribution in [0.4, 0.5) is 0 Å². The third kappa shape index (κ3) is 4.94. The quantitative estimate of drug-likeness (QED) is 0.634. The summed E-state index contributed by atoms with van der Waals surface area (Å²) >= 11 is 0. The molecule has 1 fully saturated rings. The van der Waals surface area contributed by atoms with Crippen molar-refractivity contribution >= 4 is 5.97 Å². The number of esters is 1. The molecule has 1 aliphatic heterocycles. The number of piperazine rings is 1. The van der Waals surface area contributed by atoms with E-state index in [9.17, 15) is 4.79 Å². The van der Waals surface area contributed by atoms with Gasteiger partial charge in [-0.3, -0.25) is 4.79 Å². The number of ether oxygens (including phenoxy) is 1. The van der Waals surface area contributed by atoms with Gasteiger partial charge in [-0.05, 0) is 13.0 Å². The Hall–Kier alpha value is -0.610. The number of nitrogens with zero attached hydrogens (tertiary/aromatic N) is 2. The number of unbranched alkanes of at least 4 members (excludes halogenated alkanes) is 1. The first-order valence-corrected chi connectivity index (χ1v) is 6.27. The van der Waals surface area contributed by atoms with Crippen LogP contribution in [0, 0.1) is 0 Å². The first-order valence-electron chi connectivity index (χ1n) is 6.27. The van der Waals surface area contributed by atoms with Crippen molar-refractivity contribution in [3.63, 3.8) is 0 Å². The Balaban J connectivity index is 2.09. The molecule has 1 rings (SSSR count). The number of methoxy groups -OCH3 is 1. The van der Waals surface area contributed by atoms with Crippen LogP contribution in [0.25, 0.3) is 0 Å². The van der Waals surface area contributed by atoms with E-state index in [1.165, 1.54) is 26.5 Å². The topological polar surface area (TPSA) is 32.8 Å². The number of hydrogen-bond acceptors (Lipinski definition) is 4. The standard InChI is InChI=1S/C12H24N2O2/c1-3-4-6-13-8-10-14(11-9-13)7-5-12(15)16-2/h3-11H2,1-2H3. The summed E-state index contributed by atoms with van der Waals surface area (Å²) in [5.74, 6) is -0.103. The fraction of sp³-hybridized carbons (Fsp3) is 0.917. The van der Waals surface area contributed by atoms with Gasteiger partial charge in [0.25, 0.3) is 0 Å². The summed E-state index contributed by atoms with van der Waals surface area (Å²) in [5, 5.41) is 0. The third-order valence-corrected chi connectivity index (χ3v) is 3.15. The molecule has 4 nitrogen and oxygen atoms in total. The largest absolute Gasteiger partial charge is 0.469 e. The van der Waals surface area contributed by atoms with Gasteiger partial charge in [0.05, 0.1) is 13.5 Å². The van der Waals surface area contributed by atoms with Gasteiger partial charge in [0, 0.05) is 32.7 Å². The molecule has 16 heavy (non-hydrogen) atoms. The molecule has 0 amide bonds. The summed E-state index contributed by atoms with van der Waals surface area (Å²) in [6.45, 7) is 8.74. The van der Waals surface area contributed by atoms with E-state index in [4.69, 9.17) is 0 Å². The minimum atomic E-state index is -0.103. The highest BCUT2D eigenvalue weighted by atomic mass is 16.5. The highest BCUT2D eigenvalue weighted by Crippen LogP contribution is 2.04. The Morgan fingerprint density at radius 3 is 2.19 bits per heavy atom. The van der Waals surface area contributed by atoms with Crippen molar-refractivity contribution in [2.24, 2.45) is 0 Å². The van der Waals surface area contributed by atoms with E-state index in [1.807, 2.05) is 0 Å². The van der Waals surface area contributed by atoms with Gasteiger partial charge in [-0.15, -0.1) is 0 Å². The highest BCUT2D eigenvalue weighted by molar-refractivity contribution is 5.69. The Labute approximate surface area is 98.5 Å². The summed E-state index contributed by atoms with van der Waals surface area (Å²) in [6, 6.07) is 0. The van der Waals surface area contributed by atoms with Crippen LogP contribution in [0.3, 0.4) is 0 Å². The fourth-order valence-corrected chi connectivity index (χ4v) is 1.97. The van der Waals surface area contributed by atoms with E-state index < -0.39 is 0 Å². The zero-order valence-electron chi connectivity index (χ0n) is 10.6. The van der Waals surface area contributed by atoms with Crippen molar-refractivity contribution in [3.05, 3.63) is 0 Å². The van der Waals surface area contributed by atoms with E-state index >= 15 is 0 Å². The predicted octanol–water partition coefficient (Wildman–Crippen LogP) is 0.967. The average molecular weight is 228 g/mol. The van der Waals surface area contributed by atoms with Crippen molar-refractivity contribution in [1.82, 2.24) is 9.80 Å². The van der Waals surface area contributed by atoms with Gasteiger partial charge in [0.1, 0.15) is 0 Å². The van der Waals surface area contributed by atoms with Crippen molar-refractivity contribution in [3.8, 4) is 0 Å². The normalized spacial score (nSPS) is 18.6. The zero-order chi connectivity index (χ0) is 11.8. The summed E-state index contributed by atoms with van der Waals surface area (Å²) < 4.78 is 4.64. The smallest absolute Gasteiger partial charge is 0.306 e. The third-order valence-electron chi connectivity index (χ3n) is 3.15. The lowest BCUT2D eigenvalue weighted by molar-refractivity contribution is -0.141. The summed E-state index contributed by atoms with van der Waals surface area (Å²) in [7, 11) is 1.45. The maximum atomic E-state index is 11.0. The van der Waals surface area contributed by atoms with Crippen molar-refractivity contribution in [2.75, 3.05) is 46.4 Å². The Morgan fingerprint density at radius 1 is 1.12 bits per heavy atom. The van der Waals surface area contributed by atoms with Crippen LogP contribution in [0.15, 0.2) is 0 Å².